The van der Waals surface area contributed by atoms with Crippen LogP contribution >= 0.6 is 0 Å². The first-order chi connectivity index (χ1) is 13.9. The monoisotopic (exact) mass is 411 g/mol. The van der Waals surface area contributed by atoms with E-state index in [0.717, 1.165) is 30.9 Å². The van der Waals surface area contributed by atoms with Gasteiger partial charge in [-0.2, -0.15) is 0 Å². The van der Waals surface area contributed by atoms with Gasteiger partial charge in [-0.3, -0.25) is 0 Å². The number of hydrogen-bond acceptors (Lipinski definition) is 3. The molecule has 4 rings (SSSR count). The first-order valence-electron chi connectivity index (χ1n) is 9.52. The predicted molar refractivity (Wildman–Crippen MR) is 110 cm³/mol. The standard InChI is InChI=1S/C23H22FNO3S/c24-21-15-19(29(25,26)27)12-13-22(21)28-23-18(11-10-16-6-2-1-3-7-16)14-17-8-4-5-9-20(17)23/h1-9,12-13,15,18,23H,10-11,14H2,(H2,25,26,27)/t18-,23+/m0/s1. The Morgan fingerprint density at radius 2 is 1.72 bits per heavy atom. The lowest BCUT2D eigenvalue weighted by atomic mass is 9.95. The van der Waals surface area contributed by atoms with Gasteiger partial charge < -0.3 is 4.74 Å². The molecule has 6 heteroatoms. The summed E-state index contributed by atoms with van der Waals surface area (Å²) in [4.78, 5) is -0.269. The van der Waals surface area contributed by atoms with E-state index in [1.807, 2.05) is 36.4 Å². The van der Waals surface area contributed by atoms with Gasteiger partial charge in [-0.05, 0) is 54.2 Å². The summed E-state index contributed by atoms with van der Waals surface area (Å²) in [7, 11) is -3.96. The fraction of sp³-hybridized carbons (Fsp3) is 0.217. The Hall–Kier alpha value is -2.70. The Balaban J connectivity index is 1.58. The van der Waals surface area contributed by atoms with Gasteiger partial charge in [-0.25, -0.2) is 17.9 Å². The highest BCUT2D eigenvalue weighted by molar-refractivity contribution is 7.89. The van der Waals surface area contributed by atoms with Crippen LogP contribution in [-0.4, -0.2) is 8.42 Å². The summed E-state index contributed by atoms with van der Waals surface area (Å²) in [6.45, 7) is 0. The molecular formula is C23H22FNO3S. The first-order valence-corrected chi connectivity index (χ1v) is 11.1. The van der Waals surface area contributed by atoms with Gasteiger partial charge >= 0.3 is 0 Å². The second-order valence-corrected chi connectivity index (χ2v) is 8.92. The number of primary sulfonamides is 1. The summed E-state index contributed by atoms with van der Waals surface area (Å²) in [6, 6.07) is 21.8. The third-order valence-electron chi connectivity index (χ3n) is 5.40. The van der Waals surface area contributed by atoms with Crippen LogP contribution in [0, 0.1) is 11.7 Å². The third kappa shape index (κ3) is 4.33. The molecule has 0 heterocycles. The summed E-state index contributed by atoms with van der Waals surface area (Å²) in [6.07, 6.45) is 2.39. The first kappa shape index (κ1) is 19.6. The minimum Gasteiger partial charge on any atom is -0.482 e. The molecule has 0 saturated heterocycles. The Bertz CT molecular complexity index is 1120. The van der Waals surface area contributed by atoms with Crippen molar-refractivity contribution in [2.45, 2.75) is 30.3 Å². The minimum absolute atomic E-state index is 0.0313. The molecule has 0 amide bonds. The van der Waals surface area contributed by atoms with Crippen molar-refractivity contribution >= 4 is 10.0 Å². The van der Waals surface area contributed by atoms with Crippen molar-refractivity contribution in [3.05, 3.63) is 95.3 Å². The molecule has 1 aliphatic rings. The van der Waals surface area contributed by atoms with E-state index < -0.39 is 15.8 Å². The molecular weight excluding hydrogens is 389 g/mol. The van der Waals surface area contributed by atoms with Gasteiger partial charge in [-0.1, -0.05) is 54.6 Å². The molecule has 0 aliphatic heterocycles. The van der Waals surface area contributed by atoms with Crippen LogP contribution in [0.25, 0.3) is 0 Å². The van der Waals surface area contributed by atoms with Crippen molar-refractivity contribution in [2.24, 2.45) is 11.1 Å². The van der Waals surface area contributed by atoms with Gasteiger partial charge in [0.1, 0.15) is 6.10 Å². The van der Waals surface area contributed by atoms with E-state index in [-0.39, 0.29) is 22.7 Å². The van der Waals surface area contributed by atoms with Crippen LogP contribution < -0.4 is 9.88 Å². The topological polar surface area (TPSA) is 69.4 Å². The van der Waals surface area contributed by atoms with Gasteiger partial charge in [0.05, 0.1) is 4.90 Å². The maximum absolute atomic E-state index is 14.5. The van der Waals surface area contributed by atoms with Crippen LogP contribution in [-0.2, 0) is 22.9 Å². The van der Waals surface area contributed by atoms with Crippen molar-refractivity contribution in [1.82, 2.24) is 0 Å². The number of sulfonamides is 1. The number of nitrogens with two attached hydrogens (primary N) is 1. The van der Waals surface area contributed by atoms with Crippen molar-refractivity contribution in [3.63, 3.8) is 0 Å². The Morgan fingerprint density at radius 3 is 2.45 bits per heavy atom. The number of fused-ring (bicyclic) bond motifs is 1. The van der Waals surface area contributed by atoms with E-state index in [0.29, 0.717) is 0 Å². The molecule has 29 heavy (non-hydrogen) atoms. The van der Waals surface area contributed by atoms with Crippen LogP contribution in [0.3, 0.4) is 0 Å². The van der Waals surface area contributed by atoms with Gasteiger partial charge in [0.25, 0.3) is 0 Å². The summed E-state index contributed by atoms with van der Waals surface area (Å²) in [5.41, 5.74) is 3.52. The van der Waals surface area contributed by atoms with Gasteiger partial charge in [0, 0.05) is 5.92 Å². The van der Waals surface area contributed by atoms with E-state index in [2.05, 4.69) is 18.2 Å². The van der Waals surface area contributed by atoms with Crippen LogP contribution in [0.15, 0.2) is 77.7 Å². The van der Waals surface area contributed by atoms with E-state index in [1.165, 1.54) is 23.3 Å². The average Bonchev–Trinajstić information content (AvgIpc) is 3.05. The van der Waals surface area contributed by atoms with Crippen LogP contribution in [0.1, 0.15) is 29.2 Å². The molecule has 150 valence electrons. The maximum Gasteiger partial charge on any atom is 0.238 e. The number of benzene rings is 3. The molecule has 0 saturated carbocycles. The largest absolute Gasteiger partial charge is 0.482 e. The molecule has 0 bridgehead atoms. The van der Waals surface area contributed by atoms with E-state index >= 15 is 0 Å². The van der Waals surface area contributed by atoms with Crippen LogP contribution in [0.2, 0.25) is 0 Å². The number of ether oxygens (including phenoxy) is 1. The van der Waals surface area contributed by atoms with E-state index in [1.54, 1.807) is 0 Å². The lowest BCUT2D eigenvalue weighted by Crippen LogP contribution is -2.17. The summed E-state index contributed by atoms with van der Waals surface area (Å²) in [5.74, 6) is -0.503. The second-order valence-electron chi connectivity index (χ2n) is 7.36. The Kier molecular flexibility index (Phi) is 5.39. The Morgan fingerprint density at radius 1 is 1.00 bits per heavy atom. The minimum atomic E-state index is -3.96. The van der Waals surface area contributed by atoms with E-state index in [9.17, 15) is 12.8 Å². The van der Waals surface area contributed by atoms with Crippen molar-refractivity contribution in [1.29, 1.82) is 0 Å². The molecule has 2 N–H and O–H groups in total. The fourth-order valence-corrected chi connectivity index (χ4v) is 4.47. The normalized spacial score (nSPS) is 18.4. The summed E-state index contributed by atoms with van der Waals surface area (Å²) in [5, 5.41) is 5.08. The highest BCUT2D eigenvalue weighted by Gasteiger charge is 2.34. The molecule has 0 spiro atoms. The van der Waals surface area contributed by atoms with Crippen LogP contribution in [0.4, 0.5) is 4.39 Å². The number of halogens is 1. The number of hydrogen-bond donors (Lipinski definition) is 1. The molecule has 4 nitrogen and oxygen atoms in total. The number of rotatable bonds is 6. The van der Waals surface area contributed by atoms with Crippen molar-refractivity contribution in [2.75, 3.05) is 0 Å². The Labute approximate surface area is 170 Å². The molecule has 1 aliphatic carbocycles. The smallest absolute Gasteiger partial charge is 0.238 e. The highest BCUT2D eigenvalue weighted by Crippen LogP contribution is 2.42. The lowest BCUT2D eigenvalue weighted by molar-refractivity contribution is 0.138. The zero-order valence-electron chi connectivity index (χ0n) is 15.8. The maximum atomic E-state index is 14.5. The molecule has 3 aromatic carbocycles. The third-order valence-corrected chi connectivity index (χ3v) is 6.32. The summed E-state index contributed by atoms with van der Waals surface area (Å²) >= 11 is 0. The molecule has 0 fully saturated rings. The average molecular weight is 411 g/mol. The molecule has 0 aromatic heterocycles. The zero-order valence-corrected chi connectivity index (χ0v) is 16.6. The second kappa shape index (κ2) is 7.97. The van der Waals surface area contributed by atoms with Crippen molar-refractivity contribution < 1.29 is 17.5 Å². The number of aryl methyl sites for hydroxylation is 1. The zero-order chi connectivity index (χ0) is 20.4. The molecule has 0 radical (unpaired) electrons. The lowest BCUT2D eigenvalue weighted by Gasteiger charge is -2.23. The quantitative estimate of drug-likeness (QED) is 0.654. The van der Waals surface area contributed by atoms with Crippen molar-refractivity contribution in [3.8, 4) is 5.75 Å². The molecule has 0 unspecified atom stereocenters. The molecule has 2 atom stereocenters. The van der Waals surface area contributed by atoms with Gasteiger partial charge in [0.15, 0.2) is 11.6 Å². The van der Waals surface area contributed by atoms with Gasteiger partial charge in [-0.15, -0.1) is 0 Å². The summed E-state index contributed by atoms with van der Waals surface area (Å²) < 4.78 is 43.5. The van der Waals surface area contributed by atoms with Crippen LogP contribution in [0.5, 0.6) is 5.75 Å². The SMILES string of the molecule is NS(=O)(=O)c1ccc(O[C@H]2c3ccccc3C[C@@H]2CCc2ccccc2)c(F)c1. The highest BCUT2D eigenvalue weighted by atomic mass is 32.2. The van der Waals surface area contributed by atoms with E-state index in [4.69, 9.17) is 9.88 Å². The van der Waals surface area contributed by atoms with Gasteiger partial charge in [0.2, 0.25) is 10.0 Å². The molecule has 3 aromatic rings. The predicted octanol–water partition coefficient (Wildman–Crippen LogP) is 4.40. The fourth-order valence-electron chi connectivity index (χ4n) is 3.94.